The van der Waals surface area contributed by atoms with Crippen molar-refractivity contribution in [3.8, 4) is 0 Å². The molecule has 10 heteroatoms. The molecular weight excluding hydrogens is 461 g/mol. The Bertz CT molecular complexity index is 1010. The molecule has 2 aliphatic rings. The van der Waals surface area contributed by atoms with Crippen LogP contribution < -0.4 is 5.32 Å². The minimum absolute atomic E-state index is 0.226. The summed E-state index contributed by atoms with van der Waals surface area (Å²) >= 11 is 1.70. The largest absolute Gasteiger partial charge is 0.414 e. The molecule has 1 aromatic carbocycles. The number of thioether (sulfide) groups is 1. The summed E-state index contributed by atoms with van der Waals surface area (Å²) in [7, 11) is 1.18. The van der Waals surface area contributed by atoms with Crippen LogP contribution in [0, 0.1) is 17.6 Å². The van der Waals surface area contributed by atoms with E-state index < -0.39 is 35.7 Å². The lowest BCUT2D eigenvalue weighted by Crippen LogP contribution is -2.43. The molecule has 2 heterocycles. The van der Waals surface area contributed by atoms with Crippen LogP contribution >= 0.6 is 11.8 Å². The summed E-state index contributed by atoms with van der Waals surface area (Å²) in [4.78, 5) is 17.5. The van der Waals surface area contributed by atoms with Crippen molar-refractivity contribution >= 4 is 23.4 Å². The second-order valence-corrected chi connectivity index (χ2v) is 9.75. The number of nitrogens with zero attached hydrogens (tertiary/aromatic N) is 2. The van der Waals surface area contributed by atoms with Crippen molar-refractivity contribution in [2.45, 2.75) is 43.9 Å². The number of anilines is 1. The number of benzene rings is 1. The third-order valence-corrected chi connectivity index (χ3v) is 7.27. The van der Waals surface area contributed by atoms with Crippen LogP contribution in [0.25, 0.3) is 0 Å². The Morgan fingerprint density at radius 3 is 2.55 bits per heavy atom. The number of alkyl halides is 3. The van der Waals surface area contributed by atoms with Gasteiger partial charge in [0.05, 0.1) is 17.6 Å². The summed E-state index contributed by atoms with van der Waals surface area (Å²) in [5.41, 5.74) is 1.22. The second kappa shape index (κ2) is 9.48. The number of amides is 1. The molecule has 1 amide bonds. The standard InChI is InChI=1S/C23H24F5N3OS/c1-31(22(32)13-4-6-33-7-5-13)21(23(26,27)28)20-3-2-16(12-29-20)30-17-9-14-8-15(24)10-19(25)18(14)11-17/h2-3,8,10,12-13,17,21,30H,4-7,9,11H2,1H3/t17?,21-/m0/s1. The lowest BCUT2D eigenvalue weighted by Gasteiger charge is -2.33. The Kier molecular flexibility index (Phi) is 6.83. The van der Waals surface area contributed by atoms with Crippen LogP contribution in [0.2, 0.25) is 0 Å². The van der Waals surface area contributed by atoms with Crippen molar-refractivity contribution in [3.05, 3.63) is 58.9 Å². The number of fused-ring (bicyclic) bond motifs is 1. The van der Waals surface area contributed by atoms with Gasteiger partial charge >= 0.3 is 6.18 Å². The van der Waals surface area contributed by atoms with Gasteiger partial charge in [0.25, 0.3) is 0 Å². The Balaban J connectivity index is 1.47. The van der Waals surface area contributed by atoms with Crippen LogP contribution in [-0.4, -0.2) is 46.6 Å². The highest BCUT2D eigenvalue weighted by molar-refractivity contribution is 7.99. The molecule has 1 saturated heterocycles. The molecule has 4 nitrogen and oxygen atoms in total. The normalized spacial score (nSPS) is 19.8. The number of carbonyl (C=O) groups excluding carboxylic acids is 1. The van der Waals surface area contributed by atoms with Gasteiger partial charge in [-0.1, -0.05) is 0 Å². The minimum atomic E-state index is -4.68. The summed E-state index contributed by atoms with van der Waals surface area (Å²) < 4.78 is 69.2. The van der Waals surface area contributed by atoms with E-state index in [0.717, 1.165) is 22.5 Å². The average molecular weight is 486 g/mol. The first-order chi connectivity index (χ1) is 15.6. The number of halogens is 5. The minimum Gasteiger partial charge on any atom is -0.380 e. The first kappa shape index (κ1) is 23.8. The Morgan fingerprint density at radius 2 is 1.91 bits per heavy atom. The first-order valence-corrected chi connectivity index (χ1v) is 11.9. The van der Waals surface area contributed by atoms with Gasteiger partial charge in [0, 0.05) is 25.1 Å². The third-order valence-electron chi connectivity index (χ3n) is 6.22. The topological polar surface area (TPSA) is 45.2 Å². The van der Waals surface area contributed by atoms with Gasteiger partial charge in [-0.05, 0) is 66.5 Å². The van der Waals surface area contributed by atoms with Crippen molar-refractivity contribution < 1.29 is 26.7 Å². The number of carbonyl (C=O) groups is 1. The second-order valence-electron chi connectivity index (χ2n) is 8.53. The number of hydrogen-bond donors (Lipinski definition) is 1. The number of hydrogen-bond acceptors (Lipinski definition) is 4. The zero-order chi connectivity index (χ0) is 23.8. The van der Waals surface area contributed by atoms with Gasteiger partial charge in [0.2, 0.25) is 5.91 Å². The van der Waals surface area contributed by atoms with Crippen molar-refractivity contribution in [2.75, 3.05) is 23.9 Å². The number of nitrogens with one attached hydrogen (secondary N) is 1. The van der Waals surface area contributed by atoms with Crippen LogP contribution in [0.5, 0.6) is 0 Å². The van der Waals surface area contributed by atoms with E-state index in [1.165, 1.54) is 31.4 Å². The van der Waals surface area contributed by atoms with Gasteiger partial charge in [0.15, 0.2) is 6.04 Å². The van der Waals surface area contributed by atoms with Gasteiger partial charge in [-0.2, -0.15) is 24.9 Å². The SMILES string of the molecule is CN(C(=O)C1CCSCC1)[C@@H](c1ccc(NC2Cc3cc(F)cc(F)c3C2)cn1)C(F)(F)F. The molecule has 4 rings (SSSR count). The van der Waals surface area contributed by atoms with Crippen LogP contribution in [-0.2, 0) is 17.6 Å². The molecule has 1 aromatic heterocycles. The molecule has 0 saturated carbocycles. The van der Waals surface area contributed by atoms with E-state index in [4.69, 9.17) is 0 Å². The van der Waals surface area contributed by atoms with Crippen molar-refractivity contribution in [3.63, 3.8) is 0 Å². The molecule has 1 fully saturated rings. The van der Waals surface area contributed by atoms with E-state index in [1.807, 2.05) is 0 Å². The zero-order valence-electron chi connectivity index (χ0n) is 18.0. The van der Waals surface area contributed by atoms with Crippen LogP contribution in [0.1, 0.15) is 35.7 Å². The smallest absolute Gasteiger partial charge is 0.380 e. The summed E-state index contributed by atoms with van der Waals surface area (Å²) in [6, 6.07) is 2.50. The van der Waals surface area contributed by atoms with E-state index in [-0.39, 0.29) is 11.7 Å². The summed E-state index contributed by atoms with van der Waals surface area (Å²) in [6.07, 6.45) is -1.51. The van der Waals surface area contributed by atoms with Crippen molar-refractivity contribution in [1.29, 1.82) is 0 Å². The molecule has 0 spiro atoms. The fraction of sp³-hybridized carbons (Fsp3) is 0.478. The molecule has 0 radical (unpaired) electrons. The van der Waals surface area contributed by atoms with E-state index in [0.29, 0.717) is 42.5 Å². The molecule has 1 aliphatic heterocycles. The fourth-order valence-corrected chi connectivity index (χ4v) is 5.69. The van der Waals surface area contributed by atoms with E-state index >= 15 is 0 Å². The Labute approximate surface area is 192 Å². The van der Waals surface area contributed by atoms with Gasteiger partial charge < -0.3 is 10.2 Å². The molecule has 1 N–H and O–H groups in total. The van der Waals surface area contributed by atoms with Gasteiger partial charge in [-0.3, -0.25) is 9.78 Å². The van der Waals surface area contributed by atoms with Gasteiger partial charge in [-0.25, -0.2) is 8.78 Å². The van der Waals surface area contributed by atoms with Crippen molar-refractivity contribution in [1.82, 2.24) is 9.88 Å². The lowest BCUT2D eigenvalue weighted by atomic mass is 9.99. The highest BCUT2D eigenvalue weighted by atomic mass is 32.2. The summed E-state index contributed by atoms with van der Waals surface area (Å²) in [5, 5.41) is 3.13. The average Bonchev–Trinajstić information content (AvgIpc) is 3.17. The summed E-state index contributed by atoms with van der Waals surface area (Å²) in [6.45, 7) is 0. The first-order valence-electron chi connectivity index (χ1n) is 10.7. The maximum atomic E-state index is 14.0. The fourth-order valence-electron chi connectivity index (χ4n) is 4.59. The lowest BCUT2D eigenvalue weighted by molar-refractivity contribution is -0.191. The molecule has 0 bridgehead atoms. The van der Waals surface area contributed by atoms with Gasteiger partial charge in [-0.15, -0.1) is 0 Å². The third kappa shape index (κ3) is 5.26. The Morgan fingerprint density at radius 1 is 1.18 bits per heavy atom. The molecule has 1 unspecified atom stereocenters. The van der Waals surface area contributed by atoms with E-state index in [1.54, 1.807) is 11.8 Å². The molecule has 178 valence electrons. The predicted octanol–water partition coefficient (Wildman–Crippen LogP) is 5.14. The number of aromatic nitrogens is 1. The molecule has 33 heavy (non-hydrogen) atoms. The highest BCUT2D eigenvalue weighted by Gasteiger charge is 2.47. The Hall–Kier alpha value is -2.36. The van der Waals surface area contributed by atoms with Crippen molar-refractivity contribution in [2.24, 2.45) is 5.92 Å². The zero-order valence-corrected chi connectivity index (χ0v) is 18.8. The number of rotatable bonds is 5. The molecular formula is C23H24F5N3OS. The molecule has 2 aromatic rings. The monoisotopic (exact) mass is 485 g/mol. The van der Waals surface area contributed by atoms with E-state index in [9.17, 15) is 26.7 Å². The predicted molar refractivity (Wildman–Crippen MR) is 117 cm³/mol. The quantitative estimate of drug-likeness (QED) is 0.596. The maximum Gasteiger partial charge on any atom is 0.414 e. The maximum absolute atomic E-state index is 14.0. The number of pyridine rings is 1. The van der Waals surface area contributed by atoms with Crippen LogP contribution in [0.15, 0.2) is 30.5 Å². The van der Waals surface area contributed by atoms with Gasteiger partial charge in [0.1, 0.15) is 11.6 Å². The summed E-state index contributed by atoms with van der Waals surface area (Å²) in [5.74, 6) is -0.625. The highest BCUT2D eigenvalue weighted by Crippen LogP contribution is 2.38. The van der Waals surface area contributed by atoms with Crippen LogP contribution in [0.4, 0.5) is 27.6 Å². The van der Waals surface area contributed by atoms with Crippen LogP contribution in [0.3, 0.4) is 0 Å². The molecule has 2 atom stereocenters. The molecule has 1 aliphatic carbocycles. The van der Waals surface area contributed by atoms with E-state index in [2.05, 4.69) is 10.3 Å².